The number of nitrogens with one attached hydrogen (secondary N) is 2. The Morgan fingerprint density at radius 3 is 2.74 bits per heavy atom. The van der Waals surface area contributed by atoms with Crippen LogP contribution in [0, 0.1) is 5.82 Å². The Balaban J connectivity index is 1.49. The molecule has 2 aromatic heterocycles. The van der Waals surface area contributed by atoms with E-state index in [0.29, 0.717) is 22.9 Å². The zero-order valence-electron chi connectivity index (χ0n) is 18.7. The number of halogens is 2. The highest BCUT2D eigenvalue weighted by atomic mass is 35.5. The van der Waals surface area contributed by atoms with E-state index in [0.717, 1.165) is 5.82 Å². The molecule has 0 unspecified atom stereocenters. The van der Waals surface area contributed by atoms with Gasteiger partial charge in [0.15, 0.2) is 0 Å². The molecule has 178 valence electrons. The maximum Gasteiger partial charge on any atom is 0.323 e. The number of imidazole rings is 1. The molecule has 4 rings (SSSR count). The average molecular weight is 487 g/mol. The first kappa shape index (κ1) is 23.7. The summed E-state index contributed by atoms with van der Waals surface area (Å²) in [6.07, 6.45) is 5.44. The molecule has 1 fully saturated rings. The molecule has 0 bridgehead atoms. The molecule has 1 aliphatic heterocycles. The molecule has 2 atom stereocenters. The number of rotatable bonds is 6. The number of urea groups is 1. The van der Waals surface area contributed by atoms with Crippen molar-refractivity contribution >= 4 is 35.0 Å². The van der Waals surface area contributed by atoms with Crippen LogP contribution in [-0.2, 0) is 16.0 Å². The minimum Gasteiger partial charge on any atom is -0.380 e. The number of carbonyl (C=O) groups is 2. The molecule has 0 spiro atoms. The summed E-state index contributed by atoms with van der Waals surface area (Å²) in [5, 5.41) is 5.69. The summed E-state index contributed by atoms with van der Waals surface area (Å²) in [6.45, 7) is 2.17. The monoisotopic (exact) mass is 486 g/mol. The summed E-state index contributed by atoms with van der Waals surface area (Å²) in [4.78, 5) is 35.5. The Morgan fingerprint density at radius 2 is 2.06 bits per heavy atom. The summed E-state index contributed by atoms with van der Waals surface area (Å²) in [5.74, 6) is -0.0156. The second-order valence-corrected chi connectivity index (χ2v) is 8.21. The molecule has 3 aromatic rings. The number of ether oxygens (including phenoxy) is 1. The molecule has 0 radical (unpaired) electrons. The first-order chi connectivity index (χ1) is 16.4. The lowest BCUT2D eigenvalue weighted by Gasteiger charge is -2.24. The molecule has 1 saturated heterocycles. The van der Waals surface area contributed by atoms with Crippen LogP contribution in [0.2, 0.25) is 5.02 Å². The molecule has 9 nitrogen and oxygen atoms in total. The van der Waals surface area contributed by atoms with E-state index in [1.54, 1.807) is 35.2 Å². The molecular weight excluding hydrogens is 463 g/mol. The zero-order chi connectivity index (χ0) is 24.2. The van der Waals surface area contributed by atoms with E-state index in [4.69, 9.17) is 16.3 Å². The number of anilines is 2. The van der Waals surface area contributed by atoms with Gasteiger partial charge in [-0.25, -0.2) is 19.2 Å². The van der Waals surface area contributed by atoms with Crippen LogP contribution >= 0.6 is 11.6 Å². The van der Waals surface area contributed by atoms with Crippen LogP contribution < -0.4 is 10.6 Å². The molecule has 0 aliphatic carbocycles. The Morgan fingerprint density at radius 1 is 1.24 bits per heavy atom. The lowest BCUT2D eigenvalue weighted by atomic mass is 10.1. The number of nitrogens with zero attached hydrogens (tertiary/aromatic N) is 4. The fourth-order valence-corrected chi connectivity index (χ4v) is 3.99. The van der Waals surface area contributed by atoms with Gasteiger partial charge < -0.3 is 19.5 Å². The second kappa shape index (κ2) is 10.2. The van der Waals surface area contributed by atoms with Crippen molar-refractivity contribution in [1.82, 2.24) is 19.4 Å². The molecule has 1 aromatic carbocycles. The minimum absolute atomic E-state index is 0.0208. The Bertz CT molecular complexity index is 1190. The maximum atomic E-state index is 14.9. The van der Waals surface area contributed by atoms with Crippen LogP contribution in [0.25, 0.3) is 5.69 Å². The number of aromatic nitrogens is 3. The summed E-state index contributed by atoms with van der Waals surface area (Å²) in [6, 6.07) is 6.31. The van der Waals surface area contributed by atoms with Crippen molar-refractivity contribution in [3.05, 3.63) is 65.6 Å². The highest BCUT2D eigenvalue weighted by Crippen LogP contribution is 2.25. The van der Waals surface area contributed by atoms with Gasteiger partial charge in [-0.1, -0.05) is 18.5 Å². The van der Waals surface area contributed by atoms with Crippen molar-refractivity contribution < 1.29 is 18.7 Å². The third-order valence-electron chi connectivity index (χ3n) is 5.64. The summed E-state index contributed by atoms with van der Waals surface area (Å²) < 4.78 is 22.0. The number of carbonyl (C=O) groups excluding carboxylic acids is 2. The van der Waals surface area contributed by atoms with E-state index in [-0.39, 0.29) is 24.8 Å². The quantitative estimate of drug-likeness (QED) is 0.550. The van der Waals surface area contributed by atoms with Gasteiger partial charge >= 0.3 is 6.03 Å². The normalized spacial score (nSPS) is 17.6. The van der Waals surface area contributed by atoms with Crippen LogP contribution in [0.3, 0.4) is 0 Å². The molecular formula is C23H24ClFN6O3. The van der Waals surface area contributed by atoms with E-state index >= 15 is 0 Å². The van der Waals surface area contributed by atoms with E-state index in [9.17, 15) is 14.0 Å². The number of amides is 3. The lowest BCUT2D eigenvalue weighted by Crippen LogP contribution is -2.45. The molecule has 2 N–H and O–H groups in total. The molecule has 34 heavy (non-hydrogen) atoms. The van der Waals surface area contributed by atoms with Gasteiger partial charge in [0.2, 0.25) is 5.91 Å². The fraction of sp³-hybridized carbons (Fsp3) is 0.304. The van der Waals surface area contributed by atoms with Crippen LogP contribution in [0.15, 0.2) is 48.9 Å². The third-order valence-corrected chi connectivity index (χ3v) is 5.87. The summed E-state index contributed by atoms with van der Waals surface area (Å²) in [7, 11) is 1.51. The standard InChI is InChI=1S/C23H24ClFN6O3/c1-3-21-26-8-9-30(21)15-5-6-18(17(25)10-15)28-22(32)19-11-16(34-2)13-31(19)23(33)29-20-7-4-14(24)12-27-20/h4-10,12,16,19H,3,11,13H2,1-2H3,(H,28,32)(H,27,29,33)/t16-,19-/m1/s1. The largest absolute Gasteiger partial charge is 0.380 e. The Hall–Kier alpha value is -3.50. The predicted molar refractivity (Wildman–Crippen MR) is 126 cm³/mol. The van der Waals surface area contributed by atoms with E-state index in [2.05, 4.69) is 20.6 Å². The lowest BCUT2D eigenvalue weighted by molar-refractivity contribution is -0.119. The molecule has 3 heterocycles. The zero-order valence-corrected chi connectivity index (χ0v) is 19.4. The van der Waals surface area contributed by atoms with Gasteiger partial charge in [-0.05, 0) is 24.3 Å². The summed E-state index contributed by atoms with van der Waals surface area (Å²) >= 11 is 5.83. The Labute approximate surface area is 200 Å². The average Bonchev–Trinajstić information content (AvgIpc) is 3.49. The van der Waals surface area contributed by atoms with Crippen molar-refractivity contribution in [3.63, 3.8) is 0 Å². The van der Waals surface area contributed by atoms with Gasteiger partial charge in [0.25, 0.3) is 0 Å². The molecule has 0 saturated carbocycles. The van der Waals surface area contributed by atoms with Gasteiger partial charge in [-0.3, -0.25) is 10.1 Å². The topological polar surface area (TPSA) is 101 Å². The highest BCUT2D eigenvalue weighted by molar-refractivity contribution is 6.30. The SMILES string of the molecule is CCc1nccn1-c1ccc(NC(=O)[C@H]2C[C@@H](OC)CN2C(=O)Nc2ccc(Cl)cn2)c(F)c1. The first-order valence-electron chi connectivity index (χ1n) is 10.7. The number of hydrogen-bond donors (Lipinski definition) is 2. The number of hydrogen-bond acceptors (Lipinski definition) is 5. The van der Waals surface area contributed by atoms with Crippen molar-refractivity contribution in [2.45, 2.75) is 31.9 Å². The minimum atomic E-state index is -0.850. The van der Waals surface area contributed by atoms with E-state index < -0.39 is 23.8 Å². The van der Waals surface area contributed by atoms with Crippen LogP contribution in [0.5, 0.6) is 0 Å². The molecule has 11 heteroatoms. The second-order valence-electron chi connectivity index (χ2n) is 7.77. The Kier molecular flexibility index (Phi) is 7.09. The van der Waals surface area contributed by atoms with Gasteiger partial charge in [0.05, 0.1) is 16.8 Å². The van der Waals surface area contributed by atoms with Crippen LogP contribution in [0.1, 0.15) is 19.2 Å². The van der Waals surface area contributed by atoms with E-state index in [1.165, 1.54) is 30.3 Å². The van der Waals surface area contributed by atoms with Crippen molar-refractivity contribution in [1.29, 1.82) is 0 Å². The number of aryl methyl sites for hydroxylation is 1. The highest BCUT2D eigenvalue weighted by Gasteiger charge is 2.40. The van der Waals surface area contributed by atoms with Gasteiger partial charge in [0.1, 0.15) is 23.5 Å². The van der Waals surface area contributed by atoms with Crippen molar-refractivity contribution in [3.8, 4) is 5.69 Å². The van der Waals surface area contributed by atoms with Crippen molar-refractivity contribution in [2.75, 3.05) is 24.3 Å². The molecule has 3 amide bonds. The van der Waals surface area contributed by atoms with Crippen LogP contribution in [0.4, 0.5) is 20.7 Å². The molecule has 1 aliphatic rings. The fourth-order valence-electron chi connectivity index (χ4n) is 3.87. The number of benzene rings is 1. The number of likely N-dealkylation sites (tertiary alicyclic amines) is 1. The maximum absolute atomic E-state index is 14.9. The third kappa shape index (κ3) is 5.02. The summed E-state index contributed by atoms with van der Waals surface area (Å²) in [5.41, 5.74) is 0.620. The van der Waals surface area contributed by atoms with E-state index in [1.807, 2.05) is 6.92 Å². The first-order valence-corrected chi connectivity index (χ1v) is 11.1. The number of methoxy groups -OCH3 is 1. The number of pyridine rings is 1. The van der Waals surface area contributed by atoms with Crippen LogP contribution in [-0.4, -0.2) is 57.2 Å². The van der Waals surface area contributed by atoms with Gasteiger partial charge in [-0.15, -0.1) is 0 Å². The smallest absolute Gasteiger partial charge is 0.323 e. The van der Waals surface area contributed by atoms with Crippen molar-refractivity contribution in [2.24, 2.45) is 0 Å². The predicted octanol–water partition coefficient (Wildman–Crippen LogP) is 3.88. The van der Waals surface area contributed by atoms with Gasteiger partial charge in [0, 0.05) is 56.8 Å². The van der Waals surface area contributed by atoms with Gasteiger partial charge in [-0.2, -0.15) is 0 Å².